The van der Waals surface area contributed by atoms with E-state index in [0.717, 1.165) is 11.1 Å². The van der Waals surface area contributed by atoms with Gasteiger partial charge in [-0.1, -0.05) is 26.0 Å². The molecule has 0 fully saturated rings. The van der Waals surface area contributed by atoms with Gasteiger partial charge in [0.2, 0.25) is 0 Å². The van der Waals surface area contributed by atoms with Crippen molar-refractivity contribution in [2.24, 2.45) is 0 Å². The Morgan fingerprint density at radius 3 is 2.47 bits per heavy atom. The maximum atomic E-state index is 10.9. The molecule has 1 aromatic carbocycles. The van der Waals surface area contributed by atoms with Crippen molar-refractivity contribution in [1.82, 2.24) is 0 Å². The molecule has 15 heavy (non-hydrogen) atoms. The zero-order valence-electron chi connectivity index (χ0n) is 9.50. The predicted octanol–water partition coefficient (Wildman–Crippen LogP) is 2.75. The molecule has 0 atom stereocenters. The molecule has 0 saturated carbocycles. The zero-order chi connectivity index (χ0) is 11.6. The molecule has 0 aliphatic heterocycles. The lowest BCUT2D eigenvalue weighted by molar-refractivity contribution is -0.132. The molecule has 0 amide bonds. The number of esters is 1. The predicted molar refractivity (Wildman–Crippen MR) is 58.2 cm³/mol. The fourth-order valence-corrected chi connectivity index (χ4v) is 1.43. The third-order valence-corrected chi connectivity index (χ3v) is 2.23. The zero-order valence-corrected chi connectivity index (χ0v) is 9.50. The highest BCUT2D eigenvalue weighted by Crippen LogP contribution is 2.37. The topological polar surface area (TPSA) is 46.5 Å². The molecular weight excluding hydrogens is 192 g/mol. The van der Waals surface area contributed by atoms with E-state index < -0.39 is 5.97 Å². The van der Waals surface area contributed by atoms with Gasteiger partial charge in [0.05, 0.1) is 0 Å². The molecule has 0 aliphatic rings. The van der Waals surface area contributed by atoms with Gasteiger partial charge in [0.25, 0.3) is 0 Å². The number of hydrogen-bond acceptors (Lipinski definition) is 3. The average molecular weight is 208 g/mol. The molecule has 0 bridgehead atoms. The minimum atomic E-state index is -0.422. The van der Waals surface area contributed by atoms with Crippen molar-refractivity contribution < 1.29 is 14.6 Å². The SMILES string of the molecule is CC(=O)Oc1c(C)ccc(C(C)C)c1O. The lowest BCUT2D eigenvalue weighted by Crippen LogP contribution is -2.04. The average Bonchev–Trinajstić information content (AvgIpc) is 2.11. The van der Waals surface area contributed by atoms with Crippen molar-refractivity contribution in [2.75, 3.05) is 0 Å². The monoisotopic (exact) mass is 208 g/mol. The van der Waals surface area contributed by atoms with E-state index in [4.69, 9.17) is 4.74 Å². The first-order valence-electron chi connectivity index (χ1n) is 4.94. The van der Waals surface area contributed by atoms with E-state index in [1.807, 2.05) is 26.0 Å². The number of ether oxygens (including phenoxy) is 1. The molecule has 0 saturated heterocycles. The minimum absolute atomic E-state index is 0.0696. The first-order valence-corrected chi connectivity index (χ1v) is 4.94. The standard InChI is InChI=1S/C12H16O3/c1-7(2)10-6-5-8(3)12(11(10)14)15-9(4)13/h5-7,14H,1-4H3. The second-order valence-electron chi connectivity index (χ2n) is 3.90. The van der Waals surface area contributed by atoms with Gasteiger partial charge in [-0.05, 0) is 18.4 Å². The van der Waals surface area contributed by atoms with Gasteiger partial charge in [0.15, 0.2) is 11.5 Å². The maximum absolute atomic E-state index is 10.9. The fourth-order valence-electron chi connectivity index (χ4n) is 1.43. The Labute approximate surface area is 89.7 Å². The number of phenolic OH excluding ortho intramolecular Hbond substituents is 1. The summed E-state index contributed by atoms with van der Waals surface area (Å²) in [5.41, 5.74) is 1.55. The van der Waals surface area contributed by atoms with E-state index in [0.29, 0.717) is 0 Å². The third-order valence-electron chi connectivity index (χ3n) is 2.23. The largest absolute Gasteiger partial charge is 0.504 e. The number of rotatable bonds is 2. The van der Waals surface area contributed by atoms with Crippen molar-refractivity contribution in [3.63, 3.8) is 0 Å². The highest BCUT2D eigenvalue weighted by molar-refractivity contribution is 5.71. The quantitative estimate of drug-likeness (QED) is 0.600. The molecule has 1 N–H and O–H groups in total. The summed E-state index contributed by atoms with van der Waals surface area (Å²) in [7, 11) is 0. The molecule has 0 unspecified atom stereocenters. The molecule has 0 spiro atoms. The molecule has 82 valence electrons. The summed E-state index contributed by atoms with van der Waals surface area (Å²) in [5, 5.41) is 9.91. The summed E-state index contributed by atoms with van der Waals surface area (Å²) in [6.07, 6.45) is 0. The number of aryl methyl sites for hydroxylation is 1. The van der Waals surface area contributed by atoms with Gasteiger partial charge < -0.3 is 9.84 Å². The van der Waals surface area contributed by atoms with E-state index >= 15 is 0 Å². The van der Waals surface area contributed by atoms with Crippen molar-refractivity contribution in [3.8, 4) is 11.5 Å². The highest BCUT2D eigenvalue weighted by Gasteiger charge is 2.15. The summed E-state index contributed by atoms with van der Waals surface area (Å²) in [6.45, 7) is 7.06. The van der Waals surface area contributed by atoms with Crippen LogP contribution in [0.2, 0.25) is 0 Å². The van der Waals surface area contributed by atoms with Crippen LogP contribution in [0.1, 0.15) is 37.8 Å². The second kappa shape index (κ2) is 4.34. The normalized spacial score (nSPS) is 10.5. The van der Waals surface area contributed by atoms with Gasteiger partial charge in [0.1, 0.15) is 0 Å². The Morgan fingerprint density at radius 1 is 1.40 bits per heavy atom. The van der Waals surface area contributed by atoms with Crippen molar-refractivity contribution in [1.29, 1.82) is 0 Å². The Balaban J connectivity index is 3.23. The summed E-state index contributed by atoms with van der Waals surface area (Å²) in [6, 6.07) is 3.69. The van der Waals surface area contributed by atoms with E-state index in [1.165, 1.54) is 6.92 Å². The van der Waals surface area contributed by atoms with Crippen LogP contribution < -0.4 is 4.74 Å². The number of carbonyl (C=O) groups excluding carboxylic acids is 1. The van der Waals surface area contributed by atoms with Crippen LogP contribution in [0.5, 0.6) is 11.5 Å². The Bertz CT molecular complexity index is 381. The summed E-state index contributed by atoms with van der Waals surface area (Å²) >= 11 is 0. The van der Waals surface area contributed by atoms with E-state index in [9.17, 15) is 9.90 Å². The Morgan fingerprint density at radius 2 is 2.00 bits per heavy atom. The molecule has 3 nitrogen and oxygen atoms in total. The van der Waals surface area contributed by atoms with Gasteiger partial charge >= 0.3 is 5.97 Å². The summed E-state index contributed by atoms with van der Waals surface area (Å²) < 4.78 is 4.98. The Hall–Kier alpha value is -1.51. The lowest BCUT2D eigenvalue weighted by atomic mass is 10.00. The van der Waals surface area contributed by atoms with Crippen LogP contribution in [0.3, 0.4) is 0 Å². The van der Waals surface area contributed by atoms with E-state index in [-0.39, 0.29) is 17.4 Å². The van der Waals surface area contributed by atoms with Gasteiger partial charge in [0, 0.05) is 12.5 Å². The fraction of sp³-hybridized carbons (Fsp3) is 0.417. The minimum Gasteiger partial charge on any atom is -0.504 e. The van der Waals surface area contributed by atoms with Gasteiger partial charge in [-0.2, -0.15) is 0 Å². The van der Waals surface area contributed by atoms with Crippen molar-refractivity contribution in [3.05, 3.63) is 23.3 Å². The lowest BCUT2D eigenvalue weighted by Gasteiger charge is -2.13. The van der Waals surface area contributed by atoms with Crippen LogP contribution in [0.4, 0.5) is 0 Å². The summed E-state index contributed by atoms with van der Waals surface area (Å²) in [4.78, 5) is 10.9. The molecule has 3 heteroatoms. The first-order chi connectivity index (χ1) is 6.93. The van der Waals surface area contributed by atoms with Gasteiger partial charge in [-0.25, -0.2) is 0 Å². The van der Waals surface area contributed by atoms with Crippen LogP contribution in [-0.2, 0) is 4.79 Å². The molecular formula is C12H16O3. The van der Waals surface area contributed by atoms with Crippen LogP contribution in [0, 0.1) is 6.92 Å². The van der Waals surface area contributed by atoms with E-state index in [1.54, 1.807) is 6.92 Å². The first kappa shape index (κ1) is 11.6. The van der Waals surface area contributed by atoms with Gasteiger partial charge in [-0.15, -0.1) is 0 Å². The molecule has 0 aromatic heterocycles. The number of aromatic hydroxyl groups is 1. The third kappa shape index (κ3) is 2.49. The number of hydrogen-bond donors (Lipinski definition) is 1. The van der Waals surface area contributed by atoms with Crippen LogP contribution >= 0.6 is 0 Å². The second-order valence-corrected chi connectivity index (χ2v) is 3.90. The highest BCUT2D eigenvalue weighted by atomic mass is 16.5. The van der Waals surface area contributed by atoms with Crippen LogP contribution in [-0.4, -0.2) is 11.1 Å². The Kier molecular flexibility index (Phi) is 3.35. The molecule has 1 aromatic rings. The summed E-state index contributed by atoms with van der Waals surface area (Å²) in [5.74, 6) is 0.114. The molecule has 0 radical (unpaired) electrons. The van der Waals surface area contributed by atoms with Crippen LogP contribution in [0.25, 0.3) is 0 Å². The number of phenols is 1. The van der Waals surface area contributed by atoms with Crippen molar-refractivity contribution in [2.45, 2.75) is 33.6 Å². The number of benzene rings is 1. The molecule has 1 rings (SSSR count). The number of carbonyl (C=O) groups is 1. The van der Waals surface area contributed by atoms with Crippen molar-refractivity contribution >= 4 is 5.97 Å². The van der Waals surface area contributed by atoms with E-state index in [2.05, 4.69) is 0 Å². The smallest absolute Gasteiger partial charge is 0.308 e. The molecule has 0 heterocycles. The van der Waals surface area contributed by atoms with Gasteiger partial charge in [-0.3, -0.25) is 4.79 Å². The molecule has 0 aliphatic carbocycles. The van der Waals surface area contributed by atoms with Crippen LogP contribution in [0.15, 0.2) is 12.1 Å². The maximum Gasteiger partial charge on any atom is 0.308 e.